The van der Waals surface area contributed by atoms with E-state index in [9.17, 15) is 0 Å². The van der Waals surface area contributed by atoms with Crippen LogP contribution in [0.5, 0.6) is 0 Å². The van der Waals surface area contributed by atoms with Crippen molar-refractivity contribution in [3.63, 3.8) is 0 Å². The second-order valence-electron chi connectivity index (χ2n) is 15.4. The van der Waals surface area contributed by atoms with E-state index < -0.39 is 37.0 Å². The Morgan fingerprint density at radius 2 is 1.41 bits per heavy atom. The molecule has 0 nitrogen and oxygen atoms in total. The molecule has 0 N–H and O–H groups in total. The molecule has 2 radical (unpaired) electrons. The SMILES string of the molecule is CCCc1cc2c(-c3cc([Si](C)(C)C)cc([Si](C)(C)C)c3)c(C(C)(C)C)ccc2[cH-]1.[Cl][Zr+2][Cl].[c-]1cccc2c1[Si]c1ccccc1-2. The van der Waals surface area contributed by atoms with Gasteiger partial charge in [-0.1, -0.05) is 148 Å². The minimum atomic E-state index is -1.42. The summed E-state index contributed by atoms with van der Waals surface area (Å²) in [6, 6.07) is 35.4. The first-order valence-corrected chi connectivity index (χ1v) is 30.6. The van der Waals surface area contributed by atoms with Gasteiger partial charge >= 0.3 is 37.9 Å². The van der Waals surface area contributed by atoms with Crippen molar-refractivity contribution in [3.05, 3.63) is 102 Å². The third kappa shape index (κ3) is 8.98. The van der Waals surface area contributed by atoms with Crippen LogP contribution in [0.3, 0.4) is 0 Å². The molecular weight excluding hydrogens is 727 g/mol. The van der Waals surface area contributed by atoms with Crippen molar-refractivity contribution in [2.24, 2.45) is 0 Å². The van der Waals surface area contributed by atoms with E-state index in [1.54, 1.807) is 10.4 Å². The molecule has 5 aromatic rings. The summed E-state index contributed by atoms with van der Waals surface area (Å²) in [7, 11) is 7.82. The Hall–Kier alpha value is -1.40. The smallest absolute Gasteiger partial charge is 0.0920 e. The van der Waals surface area contributed by atoms with Gasteiger partial charge in [0.25, 0.3) is 0 Å². The summed E-state index contributed by atoms with van der Waals surface area (Å²) in [5.41, 5.74) is 8.74. The molecule has 0 saturated carbocycles. The number of benzene rings is 4. The van der Waals surface area contributed by atoms with E-state index in [-0.39, 0.29) is 5.41 Å². The maximum Gasteiger partial charge on any atom is 0.0920 e. The Morgan fingerprint density at radius 1 is 0.804 bits per heavy atom. The van der Waals surface area contributed by atoms with Crippen molar-refractivity contribution in [3.8, 4) is 22.3 Å². The second kappa shape index (κ2) is 15.4. The van der Waals surface area contributed by atoms with Crippen LogP contribution < -0.4 is 20.7 Å². The van der Waals surface area contributed by atoms with Crippen molar-refractivity contribution in [2.75, 3.05) is 0 Å². The van der Waals surface area contributed by atoms with E-state index in [4.69, 9.17) is 17.0 Å². The number of hydrogen-bond acceptors (Lipinski definition) is 0. The third-order valence-corrected chi connectivity index (χ3v) is 14.0. The van der Waals surface area contributed by atoms with Crippen LogP contribution in [0.4, 0.5) is 0 Å². The molecule has 0 bridgehead atoms. The molecule has 0 amide bonds. The van der Waals surface area contributed by atoms with Gasteiger partial charge in [0.05, 0.1) is 25.7 Å². The van der Waals surface area contributed by atoms with Gasteiger partial charge < -0.3 is 0 Å². The quantitative estimate of drug-likeness (QED) is 0.121. The van der Waals surface area contributed by atoms with Crippen LogP contribution in [-0.2, 0) is 32.7 Å². The van der Waals surface area contributed by atoms with Crippen molar-refractivity contribution in [1.82, 2.24) is 0 Å². The summed E-state index contributed by atoms with van der Waals surface area (Å²) in [6.45, 7) is 24.2. The van der Waals surface area contributed by atoms with Gasteiger partial charge in [-0.3, -0.25) is 0 Å². The van der Waals surface area contributed by atoms with E-state index in [0.717, 1.165) is 15.9 Å². The van der Waals surface area contributed by atoms with E-state index >= 15 is 0 Å². The fourth-order valence-corrected chi connectivity index (χ4v) is 9.89. The zero-order valence-corrected chi connectivity index (χ0v) is 36.2. The first kappa shape index (κ1) is 37.4. The van der Waals surface area contributed by atoms with Crippen LogP contribution in [-0.4, -0.2) is 25.7 Å². The van der Waals surface area contributed by atoms with Gasteiger partial charge in [-0.15, -0.1) is 40.1 Å². The molecule has 1 aliphatic heterocycles. The molecule has 0 atom stereocenters. The molecule has 1 aliphatic rings. The Kier molecular flexibility index (Phi) is 12.6. The Bertz CT molecular complexity index is 1710. The predicted molar refractivity (Wildman–Crippen MR) is 211 cm³/mol. The number of rotatable bonds is 5. The van der Waals surface area contributed by atoms with Crippen molar-refractivity contribution in [1.29, 1.82) is 0 Å². The molecule has 0 fully saturated rings. The van der Waals surface area contributed by atoms with Crippen molar-refractivity contribution < 1.29 is 20.8 Å². The normalized spacial score (nSPS) is 12.3. The minimum absolute atomic E-state index is 0.111. The van der Waals surface area contributed by atoms with Crippen LogP contribution in [0, 0.1) is 6.07 Å². The number of aryl methyl sites for hydroxylation is 1. The van der Waals surface area contributed by atoms with Gasteiger partial charge in [-0.25, -0.2) is 0 Å². The second-order valence-corrected chi connectivity index (χ2v) is 30.5. The van der Waals surface area contributed by atoms with Gasteiger partial charge in [0.2, 0.25) is 0 Å². The first-order chi connectivity index (χ1) is 21.6. The van der Waals surface area contributed by atoms with Crippen LogP contribution >= 0.6 is 17.0 Å². The van der Waals surface area contributed by atoms with Crippen LogP contribution in [0.15, 0.2) is 84.9 Å². The summed E-state index contributed by atoms with van der Waals surface area (Å²) in [6.07, 6.45) is 2.36. The van der Waals surface area contributed by atoms with E-state index in [2.05, 4.69) is 152 Å². The Morgan fingerprint density at radius 3 is 2.00 bits per heavy atom. The maximum atomic E-state index is 4.93. The van der Waals surface area contributed by atoms with Crippen LogP contribution in [0.2, 0.25) is 39.3 Å². The monoisotopic (exact) mass is 772 g/mol. The standard InChI is InChI=1S/C28H41Si2.C12H7Si.2ClH.Zr/c1-11-12-20-15-21-13-14-26(28(2,3)4)27(25(21)16-20)22-17-23(29(5,6)7)19-24(18-22)30(8,9)10;1-3-7-11-9(5-1)10-6-2-4-8-12(10)13-11;;;/h13-19H,11-12H2,1-10H3;1-7H;2*1H;/q2*-1;;;+4/p-2. The van der Waals surface area contributed by atoms with Crippen LogP contribution in [0.25, 0.3) is 33.0 Å². The third-order valence-electron chi connectivity index (χ3n) is 8.58. The van der Waals surface area contributed by atoms with E-state index in [1.165, 1.54) is 60.9 Å². The molecule has 238 valence electrons. The molecule has 6 heteroatoms. The number of hydrogen-bond donors (Lipinski definition) is 0. The van der Waals surface area contributed by atoms with Crippen molar-refractivity contribution in [2.45, 2.75) is 85.2 Å². The summed E-state index contributed by atoms with van der Waals surface area (Å²) in [4.78, 5) is 0. The van der Waals surface area contributed by atoms with Gasteiger partial charge in [0.15, 0.2) is 0 Å². The van der Waals surface area contributed by atoms with E-state index in [1.807, 2.05) is 6.07 Å². The summed E-state index contributed by atoms with van der Waals surface area (Å²) in [5, 5.41) is 8.85. The topological polar surface area (TPSA) is 0 Å². The maximum absolute atomic E-state index is 4.93. The molecule has 1 heterocycles. The van der Waals surface area contributed by atoms with E-state index in [0.29, 0.717) is 0 Å². The molecule has 46 heavy (non-hydrogen) atoms. The van der Waals surface area contributed by atoms with Crippen molar-refractivity contribution >= 4 is 74.2 Å². The largest absolute Gasteiger partial charge is 0.184 e. The van der Waals surface area contributed by atoms with Gasteiger partial charge in [-0.05, 0) is 17.4 Å². The van der Waals surface area contributed by atoms with Gasteiger partial charge in [0.1, 0.15) is 0 Å². The molecular formula is C40H48Cl2Si3Zr. The zero-order chi connectivity index (χ0) is 33.9. The average Bonchev–Trinajstić information content (AvgIpc) is 3.57. The Balaban J connectivity index is 0.000000245. The molecule has 0 saturated heterocycles. The molecule has 0 spiro atoms. The molecule has 5 aromatic carbocycles. The number of fused-ring (bicyclic) bond motifs is 4. The fraction of sp³-hybridized carbons (Fsp3) is 0.325. The van der Waals surface area contributed by atoms with Crippen LogP contribution in [0.1, 0.15) is 45.2 Å². The Labute approximate surface area is 302 Å². The molecule has 0 unspecified atom stereocenters. The molecule has 6 rings (SSSR count). The summed E-state index contributed by atoms with van der Waals surface area (Å²) in [5.74, 6) is 0. The molecule has 0 aliphatic carbocycles. The van der Waals surface area contributed by atoms with Gasteiger partial charge in [0, 0.05) is 0 Å². The minimum Gasteiger partial charge on any atom is -0.184 e. The number of halogens is 2. The summed E-state index contributed by atoms with van der Waals surface area (Å²) < 4.78 is 0. The fourth-order valence-electron chi connectivity index (χ4n) is 6.08. The summed E-state index contributed by atoms with van der Waals surface area (Å²) >= 11 is -0.826. The average molecular weight is 775 g/mol. The predicted octanol–water partition coefficient (Wildman–Crippen LogP) is 10.1. The molecule has 0 aromatic heterocycles. The first-order valence-electron chi connectivity index (χ1n) is 16.3. The zero-order valence-electron chi connectivity index (χ0n) is 29.3. The van der Waals surface area contributed by atoms with Gasteiger partial charge in [-0.2, -0.15) is 35.5 Å².